The molecule has 7 nitrogen and oxygen atoms in total. The van der Waals surface area contributed by atoms with E-state index in [1.54, 1.807) is 36.5 Å². The fourth-order valence-corrected chi connectivity index (χ4v) is 3.79. The van der Waals surface area contributed by atoms with Crippen LogP contribution < -0.4 is 15.6 Å². The molecule has 0 fully saturated rings. The predicted octanol–water partition coefficient (Wildman–Crippen LogP) is 5.50. The van der Waals surface area contributed by atoms with Gasteiger partial charge in [-0.25, -0.2) is 9.37 Å². The average Bonchev–Trinajstić information content (AvgIpc) is 2.83. The molecule has 9 heteroatoms. The summed E-state index contributed by atoms with van der Waals surface area (Å²) in [4.78, 5) is 30.1. The summed E-state index contributed by atoms with van der Waals surface area (Å²) in [5.41, 5.74) is 1.05. The highest BCUT2D eigenvalue weighted by Gasteiger charge is 2.22. The van der Waals surface area contributed by atoms with Crippen LogP contribution in [0.15, 0.2) is 81.1 Å². The molecular formula is C27H24BrFN4O3. The molecular weight excluding hydrogens is 527 g/mol. The first-order valence-corrected chi connectivity index (χ1v) is 11.9. The molecule has 0 radical (unpaired) electrons. The van der Waals surface area contributed by atoms with Gasteiger partial charge < -0.3 is 10.1 Å². The summed E-state index contributed by atoms with van der Waals surface area (Å²) in [5, 5.41) is 7.56. The number of carbonyl (C=O) groups excluding carboxylic acids is 1. The fourth-order valence-electron chi connectivity index (χ4n) is 3.43. The molecule has 0 saturated carbocycles. The van der Waals surface area contributed by atoms with Crippen molar-refractivity contribution in [3.8, 4) is 5.75 Å². The lowest BCUT2D eigenvalue weighted by Crippen LogP contribution is -2.29. The SMILES string of the molecule is CC(C)(C)c1nc2ccc(Br)cc2c(=O)n1N=Cc1cccc(OCC(=O)Nc2ccc(F)cc2)c1. The Labute approximate surface area is 215 Å². The number of hydrogen-bond acceptors (Lipinski definition) is 5. The largest absolute Gasteiger partial charge is 0.484 e. The minimum Gasteiger partial charge on any atom is -0.484 e. The van der Waals surface area contributed by atoms with Crippen molar-refractivity contribution in [1.82, 2.24) is 9.66 Å². The van der Waals surface area contributed by atoms with Gasteiger partial charge in [0.1, 0.15) is 17.4 Å². The molecule has 0 aliphatic heterocycles. The quantitative estimate of drug-likeness (QED) is 0.321. The van der Waals surface area contributed by atoms with E-state index < -0.39 is 5.41 Å². The maximum Gasteiger partial charge on any atom is 0.282 e. The van der Waals surface area contributed by atoms with Crippen LogP contribution in [-0.2, 0) is 10.2 Å². The third-order valence-electron chi connectivity index (χ3n) is 5.16. The van der Waals surface area contributed by atoms with Crippen LogP contribution in [0.1, 0.15) is 32.2 Å². The number of nitrogens with one attached hydrogen (secondary N) is 1. The topological polar surface area (TPSA) is 85.6 Å². The van der Waals surface area contributed by atoms with E-state index in [0.717, 1.165) is 4.47 Å². The molecule has 4 rings (SSSR count). The van der Waals surface area contributed by atoms with Gasteiger partial charge in [-0.2, -0.15) is 9.78 Å². The van der Waals surface area contributed by atoms with E-state index in [9.17, 15) is 14.0 Å². The number of amides is 1. The van der Waals surface area contributed by atoms with Crippen LogP contribution in [0.3, 0.4) is 0 Å². The van der Waals surface area contributed by atoms with E-state index in [1.807, 2.05) is 32.9 Å². The summed E-state index contributed by atoms with van der Waals surface area (Å²) < 4.78 is 20.7. The zero-order valence-corrected chi connectivity index (χ0v) is 21.5. The van der Waals surface area contributed by atoms with Gasteiger partial charge in [-0.05, 0) is 60.2 Å². The van der Waals surface area contributed by atoms with E-state index in [2.05, 4.69) is 26.3 Å². The first-order chi connectivity index (χ1) is 17.1. The van der Waals surface area contributed by atoms with Gasteiger partial charge in [0, 0.05) is 15.6 Å². The molecule has 0 spiro atoms. The Morgan fingerprint density at radius 2 is 1.89 bits per heavy atom. The minimum atomic E-state index is -0.430. The monoisotopic (exact) mass is 550 g/mol. The zero-order valence-electron chi connectivity index (χ0n) is 20.0. The first-order valence-electron chi connectivity index (χ1n) is 11.2. The number of ether oxygens (including phenoxy) is 1. The Kier molecular flexibility index (Phi) is 7.30. The van der Waals surface area contributed by atoms with Crippen molar-refractivity contribution in [2.75, 3.05) is 11.9 Å². The van der Waals surface area contributed by atoms with Gasteiger partial charge >= 0.3 is 0 Å². The Balaban J connectivity index is 1.54. The van der Waals surface area contributed by atoms with E-state index >= 15 is 0 Å². The highest BCUT2D eigenvalue weighted by Crippen LogP contribution is 2.23. The van der Waals surface area contributed by atoms with E-state index in [1.165, 1.54) is 28.9 Å². The zero-order chi connectivity index (χ0) is 25.9. The fraction of sp³-hybridized carbons (Fsp3) is 0.185. The lowest BCUT2D eigenvalue weighted by Gasteiger charge is -2.20. The number of fused-ring (bicyclic) bond motifs is 1. The van der Waals surface area contributed by atoms with Crippen LogP contribution in [0.4, 0.5) is 10.1 Å². The maximum atomic E-state index is 13.3. The molecule has 1 amide bonds. The van der Waals surface area contributed by atoms with E-state index in [-0.39, 0.29) is 23.9 Å². The molecule has 3 aromatic carbocycles. The number of carbonyl (C=O) groups is 1. The predicted molar refractivity (Wildman–Crippen MR) is 142 cm³/mol. The standard InChI is InChI=1S/C27H24BrFN4O3/c1-27(2,3)26-32-23-12-7-18(28)14-22(23)25(35)33(26)30-15-17-5-4-6-21(13-17)36-16-24(34)31-20-10-8-19(29)9-11-20/h4-15H,16H2,1-3H3,(H,31,34). The molecule has 0 bridgehead atoms. The number of nitrogens with zero attached hydrogens (tertiary/aromatic N) is 3. The summed E-state index contributed by atoms with van der Waals surface area (Å²) in [7, 11) is 0. The highest BCUT2D eigenvalue weighted by atomic mass is 79.9. The summed E-state index contributed by atoms with van der Waals surface area (Å²) in [6.45, 7) is 5.68. The highest BCUT2D eigenvalue weighted by molar-refractivity contribution is 9.10. The maximum absolute atomic E-state index is 13.3. The van der Waals surface area contributed by atoms with Crippen LogP contribution in [0.2, 0.25) is 0 Å². The number of aromatic nitrogens is 2. The minimum absolute atomic E-state index is 0.227. The second-order valence-electron chi connectivity index (χ2n) is 9.12. The van der Waals surface area contributed by atoms with Crippen molar-refractivity contribution in [2.24, 2.45) is 5.10 Å². The van der Waals surface area contributed by atoms with Gasteiger partial charge in [-0.1, -0.05) is 48.8 Å². The van der Waals surface area contributed by atoms with Gasteiger partial charge in [0.2, 0.25) is 0 Å². The molecule has 0 atom stereocenters. The number of rotatable bonds is 6. The summed E-state index contributed by atoms with van der Waals surface area (Å²) in [6, 6.07) is 17.8. The third kappa shape index (κ3) is 6.04. The van der Waals surface area contributed by atoms with Crippen LogP contribution in [0, 0.1) is 5.82 Å². The van der Waals surface area contributed by atoms with Gasteiger partial charge in [0.05, 0.1) is 17.1 Å². The summed E-state index contributed by atoms with van der Waals surface area (Å²) in [6.07, 6.45) is 1.55. The average molecular weight is 551 g/mol. The third-order valence-corrected chi connectivity index (χ3v) is 5.65. The number of halogens is 2. The van der Waals surface area contributed by atoms with Crippen molar-refractivity contribution < 1.29 is 13.9 Å². The first kappa shape index (κ1) is 25.2. The second kappa shape index (κ2) is 10.4. The van der Waals surface area contributed by atoms with Crippen molar-refractivity contribution in [1.29, 1.82) is 0 Å². The lowest BCUT2D eigenvalue weighted by molar-refractivity contribution is -0.118. The molecule has 184 valence electrons. The number of hydrogen-bond donors (Lipinski definition) is 1. The molecule has 1 heterocycles. The molecule has 4 aromatic rings. The van der Waals surface area contributed by atoms with Gasteiger partial charge in [-0.3, -0.25) is 9.59 Å². The Morgan fingerprint density at radius 3 is 2.61 bits per heavy atom. The van der Waals surface area contributed by atoms with Gasteiger partial charge in [-0.15, -0.1) is 0 Å². The smallest absolute Gasteiger partial charge is 0.282 e. The molecule has 1 aromatic heterocycles. The van der Waals surface area contributed by atoms with Crippen LogP contribution in [0.25, 0.3) is 10.9 Å². The summed E-state index contributed by atoms with van der Waals surface area (Å²) in [5.74, 6) is 0.225. The van der Waals surface area contributed by atoms with Crippen LogP contribution >= 0.6 is 15.9 Å². The van der Waals surface area contributed by atoms with E-state index in [4.69, 9.17) is 9.72 Å². The Morgan fingerprint density at radius 1 is 1.14 bits per heavy atom. The summed E-state index contributed by atoms with van der Waals surface area (Å²) >= 11 is 3.41. The van der Waals surface area contributed by atoms with Gasteiger partial charge in [0.25, 0.3) is 11.5 Å². The van der Waals surface area contributed by atoms with Crippen molar-refractivity contribution >= 4 is 44.6 Å². The lowest BCUT2D eigenvalue weighted by atomic mass is 9.95. The van der Waals surface area contributed by atoms with Crippen molar-refractivity contribution in [3.05, 3.63) is 98.8 Å². The van der Waals surface area contributed by atoms with Crippen molar-refractivity contribution in [2.45, 2.75) is 26.2 Å². The van der Waals surface area contributed by atoms with Crippen LogP contribution in [-0.4, -0.2) is 28.4 Å². The molecule has 1 N–H and O–H groups in total. The molecule has 0 saturated heterocycles. The van der Waals surface area contributed by atoms with Crippen LogP contribution in [0.5, 0.6) is 5.75 Å². The van der Waals surface area contributed by atoms with Crippen molar-refractivity contribution in [3.63, 3.8) is 0 Å². The number of benzene rings is 3. The normalized spacial score (nSPS) is 11.7. The molecule has 36 heavy (non-hydrogen) atoms. The molecule has 0 aliphatic rings. The van der Waals surface area contributed by atoms with E-state index in [0.29, 0.717) is 33.7 Å². The number of anilines is 1. The molecule has 0 aliphatic carbocycles. The molecule has 0 unspecified atom stereocenters. The Hall–Kier alpha value is -3.85. The Bertz CT molecular complexity index is 1510. The van der Waals surface area contributed by atoms with Gasteiger partial charge in [0.15, 0.2) is 6.61 Å². The second-order valence-corrected chi connectivity index (χ2v) is 10.0.